The summed E-state index contributed by atoms with van der Waals surface area (Å²) in [4.78, 5) is 24.8. The van der Waals surface area contributed by atoms with E-state index in [1.807, 2.05) is 36.4 Å². The average Bonchev–Trinajstić information content (AvgIpc) is 3.00. The van der Waals surface area contributed by atoms with Crippen molar-refractivity contribution in [2.75, 3.05) is 17.8 Å². The first-order valence-electron chi connectivity index (χ1n) is 8.21. The Balaban J connectivity index is 2.01. The molecule has 0 radical (unpaired) electrons. The number of nitrogen functional groups attached to an aromatic ring is 1. The fourth-order valence-corrected chi connectivity index (χ4v) is 2.63. The summed E-state index contributed by atoms with van der Waals surface area (Å²) in [6, 6.07) is 18.1. The Labute approximate surface area is 151 Å². The van der Waals surface area contributed by atoms with Crippen molar-refractivity contribution < 1.29 is 14.3 Å². The van der Waals surface area contributed by atoms with Crippen LogP contribution in [-0.2, 0) is 4.74 Å². The summed E-state index contributed by atoms with van der Waals surface area (Å²) in [6.07, 6.45) is 1.62. The Morgan fingerprint density at radius 3 is 2.27 bits per heavy atom. The van der Waals surface area contributed by atoms with E-state index in [1.165, 1.54) is 4.68 Å². The van der Waals surface area contributed by atoms with Gasteiger partial charge < -0.3 is 10.5 Å². The lowest BCUT2D eigenvalue weighted by Gasteiger charge is -2.09. The summed E-state index contributed by atoms with van der Waals surface area (Å²) in [7, 11) is 0. The van der Waals surface area contributed by atoms with Crippen LogP contribution in [0.5, 0.6) is 0 Å². The molecular formula is C20H19N3O3. The molecule has 1 aromatic heterocycles. The van der Waals surface area contributed by atoms with Crippen LogP contribution in [-0.4, -0.2) is 23.2 Å². The number of aromatic nitrogens is 1. The second-order valence-corrected chi connectivity index (χ2v) is 5.57. The number of carbonyl (C=O) groups is 2. The molecule has 0 unspecified atom stereocenters. The topological polar surface area (TPSA) is 86.3 Å². The molecule has 6 heteroatoms. The lowest BCUT2D eigenvalue weighted by molar-refractivity contribution is 0.0528. The molecule has 0 spiro atoms. The van der Waals surface area contributed by atoms with E-state index in [0.717, 1.165) is 5.56 Å². The van der Waals surface area contributed by atoms with Crippen molar-refractivity contribution in [2.24, 2.45) is 0 Å². The van der Waals surface area contributed by atoms with Crippen LogP contribution in [0.1, 0.15) is 27.6 Å². The summed E-state index contributed by atoms with van der Waals surface area (Å²) in [5.74, 6) is -0.745. The highest BCUT2D eigenvalue weighted by Crippen LogP contribution is 2.30. The van der Waals surface area contributed by atoms with Gasteiger partial charge in [-0.15, -0.1) is 0 Å². The second kappa shape index (κ2) is 7.57. The molecule has 0 saturated carbocycles. The van der Waals surface area contributed by atoms with Crippen molar-refractivity contribution in [1.82, 2.24) is 4.68 Å². The number of benzene rings is 2. The van der Waals surface area contributed by atoms with Gasteiger partial charge in [-0.1, -0.05) is 48.5 Å². The maximum Gasteiger partial charge on any atom is 0.342 e. The fraction of sp³-hybridized carbons (Fsp3) is 0.100. The van der Waals surface area contributed by atoms with Crippen LogP contribution < -0.4 is 11.2 Å². The minimum atomic E-state index is -0.531. The number of carbonyl (C=O) groups excluding carboxylic acids is 2. The van der Waals surface area contributed by atoms with Crippen LogP contribution in [0.25, 0.3) is 11.1 Å². The normalized spacial score (nSPS) is 10.3. The Bertz CT molecular complexity index is 918. The van der Waals surface area contributed by atoms with E-state index < -0.39 is 5.97 Å². The minimum Gasteiger partial charge on any atom is -0.462 e. The monoisotopic (exact) mass is 349 g/mol. The highest BCUT2D eigenvalue weighted by Gasteiger charge is 2.23. The molecule has 3 rings (SSSR count). The van der Waals surface area contributed by atoms with Gasteiger partial charge in [0, 0.05) is 17.3 Å². The molecule has 0 aliphatic rings. The number of nitrogens with one attached hydrogen (secondary N) is 1. The first-order valence-corrected chi connectivity index (χ1v) is 8.21. The zero-order chi connectivity index (χ0) is 18.5. The number of nitrogens with zero attached hydrogens (tertiary/aromatic N) is 1. The SMILES string of the molecule is CCOC(=O)c1c(-c2ccccc2)cn(NC(=O)c2ccccc2)c1N. The van der Waals surface area contributed by atoms with Crippen molar-refractivity contribution in [3.05, 3.63) is 78.0 Å². The van der Waals surface area contributed by atoms with Gasteiger partial charge >= 0.3 is 5.97 Å². The molecule has 132 valence electrons. The minimum absolute atomic E-state index is 0.117. The van der Waals surface area contributed by atoms with Crippen molar-refractivity contribution in [1.29, 1.82) is 0 Å². The van der Waals surface area contributed by atoms with Crippen LogP contribution in [0.3, 0.4) is 0 Å². The van der Waals surface area contributed by atoms with E-state index in [-0.39, 0.29) is 23.9 Å². The van der Waals surface area contributed by atoms with Crippen molar-refractivity contribution >= 4 is 17.7 Å². The molecule has 0 aliphatic heterocycles. The maximum absolute atomic E-state index is 12.4. The third kappa shape index (κ3) is 3.44. The van der Waals surface area contributed by atoms with Gasteiger partial charge in [-0.2, -0.15) is 0 Å². The zero-order valence-electron chi connectivity index (χ0n) is 14.3. The molecule has 2 aromatic carbocycles. The van der Waals surface area contributed by atoms with E-state index >= 15 is 0 Å². The Kier molecular flexibility index (Phi) is 5.03. The van der Waals surface area contributed by atoms with Crippen LogP contribution in [0, 0.1) is 0 Å². The number of ether oxygens (including phenoxy) is 1. The lowest BCUT2D eigenvalue weighted by atomic mass is 10.0. The highest BCUT2D eigenvalue weighted by molar-refractivity contribution is 6.04. The summed E-state index contributed by atoms with van der Waals surface area (Å²) in [5, 5.41) is 0. The van der Waals surface area contributed by atoms with E-state index in [4.69, 9.17) is 10.5 Å². The smallest absolute Gasteiger partial charge is 0.342 e. The highest BCUT2D eigenvalue weighted by atomic mass is 16.5. The van der Waals surface area contributed by atoms with Gasteiger partial charge in [-0.3, -0.25) is 10.2 Å². The molecule has 0 bridgehead atoms. The van der Waals surface area contributed by atoms with Gasteiger partial charge in [0.15, 0.2) is 0 Å². The molecule has 26 heavy (non-hydrogen) atoms. The molecule has 3 N–H and O–H groups in total. The van der Waals surface area contributed by atoms with Gasteiger partial charge in [0.05, 0.1) is 6.61 Å². The third-order valence-electron chi connectivity index (χ3n) is 3.87. The quantitative estimate of drug-likeness (QED) is 0.692. The Morgan fingerprint density at radius 1 is 1.04 bits per heavy atom. The fourth-order valence-electron chi connectivity index (χ4n) is 2.63. The molecular weight excluding hydrogens is 330 g/mol. The molecule has 0 fully saturated rings. The number of esters is 1. The molecule has 0 aliphatic carbocycles. The number of hydrogen-bond donors (Lipinski definition) is 2. The average molecular weight is 349 g/mol. The van der Waals surface area contributed by atoms with Crippen LogP contribution in [0.4, 0.5) is 5.82 Å². The number of hydrogen-bond acceptors (Lipinski definition) is 4. The predicted octanol–water partition coefficient (Wildman–Crippen LogP) is 3.30. The molecule has 0 atom stereocenters. The number of amides is 1. The largest absolute Gasteiger partial charge is 0.462 e. The van der Waals surface area contributed by atoms with Gasteiger partial charge in [0.2, 0.25) is 0 Å². The van der Waals surface area contributed by atoms with E-state index in [0.29, 0.717) is 11.1 Å². The Morgan fingerprint density at radius 2 is 1.65 bits per heavy atom. The van der Waals surface area contributed by atoms with Crippen molar-refractivity contribution in [3.63, 3.8) is 0 Å². The molecule has 3 aromatic rings. The Hall–Kier alpha value is -3.54. The zero-order valence-corrected chi connectivity index (χ0v) is 14.3. The summed E-state index contributed by atoms with van der Waals surface area (Å²) >= 11 is 0. The van der Waals surface area contributed by atoms with E-state index in [9.17, 15) is 9.59 Å². The van der Waals surface area contributed by atoms with Gasteiger partial charge in [0.1, 0.15) is 11.4 Å². The van der Waals surface area contributed by atoms with Crippen molar-refractivity contribution in [3.8, 4) is 11.1 Å². The third-order valence-corrected chi connectivity index (χ3v) is 3.87. The van der Waals surface area contributed by atoms with Crippen LogP contribution in [0.2, 0.25) is 0 Å². The number of rotatable bonds is 5. The standard InChI is InChI=1S/C20H19N3O3/c1-2-26-20(25)17-16(14-9-5-3-6-10-14)13-23(18(17)21)22-19(24)15-11-7-4-8-12-15/h3-13H,2,21H2,1H3,(H,22,24). The molecule has 0 saturated heterocycles. The summed E-state index contributed by atoms with van der Waals surface area (Å²) in [6.45, 7) is 1.96. The summed E-state index contributed by atoms with van der Waals surface area (Å²) < 4.78 is 6.48. The first-order chi connectivity index (χ1) is 12.6. The van der Waals surface area contributed by atoms with Gasteiger partial charge in [-0.05, 0) is 24.6 Å². The molecule has 1 amide bonds. The first kappa shape index (κ1) is 17.3. The van der Waals surface area contributed by atoms with Crippen LogP contribution in [0.15, 0.2) is 66.9 Å². The lowest BCUT2D eigenvalue weighted by Crippen LogP contribution is -2.24. The van der Waals surface area contributed by atoms with E-state index in [1.54, 1.807) is 37.4 Å². The number of anilines is 1. The van der Waals surface area contributed by atoms with Crippen LogP contribution >= 0.6 is 0 Å². The maximum atomic E-state index is 12.4. The summed E-state index contributed by atoms with van der Waals surface area (Å²) in [5.41, 5.74) is 11.0. The predicted molar refractivity (Wildman–Crippen MR) is 100 cm³/mol. The van der Waals surface area contributed by atoms with Crippen molar-refractivity contribution in [2.45, 2.75) is 6.92 Å². The molecule has 6 nitrogen and oxygen atoms in total. The van der Waals surface area contributed by atoms with Gasteiger partial charge in [-0.25, -0.2) is 9.47 Å². The molecule has 1 heterocycles. The van der Waals surface area contributed by atoms with E-state index in [2.05, 4.69) is 5.43 Å². The second-order valence-electron chi connectivity index (χ2n) is 5.57. The van der Waals surface area contributed by atoms with Gasteiger partial charge in [0.25, 0.3) is 5.91 Å². The number of nitrogens with two attached hydrogens (primary N) is 1.